The summed E-state index contributed by atoms with van der Waals surface area (Å²) in [7, 11) is 0. The molecule has 0 unspecified atom stereocenters. The number of esters is 1. The molecule has 9 heteroatoms. The lowest BCUT2D eigenvalue weighted by atomic mass is 10.0. The number of aliphatic hydroxyl groups excluding tert-OH is 1. The van der Waals surface area contributed by atoms with Gasteiger partial charge in [0.05, 0.1) is 19.0 Å². The predicted octanol–water partition coefficient (Wildman–Crippen LogP) is 4.97. The summed E-state index contributed by atoms with van der Waals surface area (Å²) in [6, 6.07) is 23.4. The fourth-order valence-corrected chi connectivity index (χ4v) is 3.57. The number of thiol groups is 1. The van der Waals surface area contributed by atoms with Crippen LogP contribution in [-0.4, -0.2) is 48.8 Å². The average Bonchev–Trinajstić information content (AvgIpc) is 2.92. The monoisotopic (exact) mass is 525 g/mol. The summed E-state index contributed by atoms with van der Waals surface area (Å²) in [6.07, 6.45) is -2.05. The Kier molecular flexibility index (Phi) is 11.1. The minimum absolute atomic E-state index is 0.0387. The van der Waals surface area contributed by atoms with Gasteiger partial charge in [-0.15, -0.1) is 0 Å². The second-order valence-electron chi connectivity index (χ2n) is 8.10. The van der Waals surface area contributed by atoms with Gasteiger partial charge >= 0.3 is 12.1 Å². The van der Waals surface area contributed by atoms with E-state index in [1.54, 1.807) is 48.5 Å². The minimum Gasteiger partial charge on any atom is -0.491 e. The van der Waals surface area contributed by atoms with Crippen molar-refractivity contribution in [3.8, 4) is 11.5 Å². The van der Waals surface area contributed by atoms with Gasteiger partial charge in [-0.2, -0.15) is 12.6 Å². The second kappa shape index (κ2) is 14.8. The number of hydrogen-bond donors (Lipinski definition) is 3. The molecule has 196 valence electrons. The van der Waals surface area contributed by atoms with Crippen LogP contribution in [0.4, 0.5) is 10.5 Å². The van der Waals surface area contributed by atoms with E-state index in [1.165, 1.54) is 0 Å². The highest BCUT2D eigenvalue weighted by molar-refractivity contribution is 7.81. The Morgan fingerprint density at radius 3 is 2.38 bits per heavy atom. The van der Waals surface area contributed by atoms with E-state index in [0.717, 1.165) is 5.56 Å². The van der Waals surface area contributed by atoms with Gasteiger partial charge < -0.3 is 24.1 Å². The van der Waals surface area contributed by atoms with Crippen LogP contribution in [0.15, 0.2) is 78.9 Å². The molecule has 0 saturated heterocycles. The third-order valence-corrected chi connectivity index (χ3v) is 5.50. The van der Waals surface area contributed by atoms with Crippen LogP contribution in [-0.2, 0) is 14.3 Å². The van der Waals surface area contributed by atoms with E-state index < -0.39 is 24.3 Å². The van der Waals surface area contributed by atoms with Crippen LogP contribution in [0, 0.1) is 6.92 Å². The topological polar surface area (TPSA) is 103 Å². The normalized spacial score (nSPS) is 12.2. The molecule has 0 bridgehead atoms. The van der Waals surface area contributed by atoms with E-state index >= 15 is 0 Å². The molecular formula is C28H31NO7S. The summed E-state index contributed by atoms with van der Waals surface area (Å²) >= 11 is 3.94. The van der Waals surface area contributed by atoms with Gasteiger partial charge in [-0.05, 0) is 48.9 Å². The van der Waals surface area contributed by atoms with Crippen molar-refractivity contribution in [1.29, 1.82) is 0 Å². The maximum Gasteiger partial charge on any atom is 0.412 e. The maximum atomic E-state index is 13.0. The molecule has 8 nitrogen and oxygen atoms in total. The van der Waals surface area contributed by atoms with Crippen molar-refractivity contribution >= 4 is 30.4 Å². The van der Waals surface area contributed by atoms with Crippen LogP contribution in [0.3, 0.4) is 0 Å². The summed E-state index contributed by atoms with van der Waals surface area (Å²) in [5.74, 6) is 0.552. The van der Waals surface area contributed by atoms with Crippen molar-refractivity contribution < 1.29 is 33.6 Å². The van der Waals surface area contributed by atoms with Crippen molar-refractivity contribution in [1.82, 2.24) is 0 Å². The van der Waals surface area contributed by atoms with Crippen LogP contribution >= 0.6 is 12.6 Å². The Bertz CT molecular complexity index is 1120. The Balaban J connectivity index is 1.89. The van der Waals surface area contributed by atoms with Gasteiger partial charge in [0.1, 0.15) is 24.2 Å². The Hall–Kier alpha value is -3.69. The molecule has 0 radical (unpaired) electrons. The minimum atomic E-state index is -0.891. The van der Waals surface area contributed by atoms with Crippen molar-refractivity contribution in [2.24, 2.45) is 0 Å². The van der Waals surface area contributed by atoms with Gasteiger partial charge in [0.25, 0.3) is 0 Å². The van der Waals surface area contributed by atoms with Crippen molar-refractivity contribution in [2.75, 3.05) is 30.9 Å². The number of rotatable bonds is 13. The largest absolute Gasteiger partial charge is 0.491 e. The first-order valence-corrected chi connectivity index (χ1v) is 12.5. The van der Waals surface area contributed by atoms with E-state index in [4.69, 9.17) is 24.1 Å². The molecular weight excluding hydrogens is 494 g/mol. The van der Waals surface area contributed by atoms with Gasteiger partial charge in [-0.1, -0.05) is 48.0 Å². The van der Waals surface area contributed by atoms with E-state index in [-0.39, 0.29) is 32.0 Å². The fourth-order valence-electron chi connectivity index (χ4n) is 3.48. The van der Waals surface area contributed by atoms with E-state index in [2.05, 4.69) is 17.9 Å². The lowest BCUT2D eigenvalue weighted by Crippen LogP contribution is -2.32. The van der Waals surface area contributed by atoms with E-state index in [1.807, 2.05) is 37.3 Å². The smallest absolute Gasteiger partial charge is 0.412 e. The average molecular weight is 526 g/mol. The quantitative estimate of drug-likeness (QED) is 0.214. The molecule has 1 amide bonds. The van der Waals surface area contributed by atoms with Crippen molar-refractivity contribution in [2.45, 2.75) is 25.6 Å². The molecule has 0 saturated carbocycles. The first kappa shape index (κ1) is 27.9. The summed E-state index contributed by atoms with van der Waals surface area (Å²) in [5, 5.41) is 11.9. The Morgan fingerprint density at radius 2 is 1.68 bits per heavy atom. The number of hydrogen-bond acceptors (Lipinski definition) is 8. The second-order valence-corrected chi connectivity index (χ2v) is 8.41. The van der Waals surface area contributed by atoms with Gasteiger partial charge in [0.15, 0.2) is 6.10 Å². The third kappa shape index (κ3) is 9.36. The van der Waals surface area contributed by atoms with Crippen LogP contribution < -0.4 is 14.8 Å². The lowest BCUT2D eigenvalue weighted by Gasteiger charge is -2.28. The van der Waals surface area contributed by atoms with Gasteiger partial charge in [-0.25, -0.2) is 4.79 Å². The Labute approximate surface area is 221 Å². The molecule has 0 aliphatic rings. The molecule has 0 aliphatic carbocycles. The van der Waals surface area contributed by atoms with Crippen LogP contribution in [0.2, 0.25) is 0 Å². The lowest BCUT2D eigenvalue weighted by molar-refractivity contribution is -0.141. The predicted molar refractivity (Wildman–Crippen MR) is 143 cm³/mol. The standard InChI is InChI=1S/C28H31NO7S/c1-20-10-12-22(13-11-20)29-28(32)36-27(21-6-5-9-24(18-21)33-17-15-30)25(14-16-34-26(31)19-37)35-23-7-3-2-4-8-23/h2-13,18,25,27,30,37H,14-17,19H2,1H3,(H,29,32)/t25-,27-/m0/s1. The third-order valence-electron chi connectivity index (χ3n) is 5.24. The molecule has 37 heavy (non-hydrogen) atoms. The first-order chi connectivity index (χ1) is 18.0. The molecule has 2 N–H and O–H groups in total. The highest BCUT2D eigenvalue weighted by Gasteiger charge is 2.30. The molecule has 0 aromatic heterocycles. The number of aryl methyl sites for hydroxylation is 1. The van der Waals surface area contributed by atoms with E-state index in [0.29, 0.717) is 22.7 Å². The summed E-state index contributed by atoms with van der Waals surface area (Å²) in [5.41, 5.74) is 2.25. The number of ether oxygens (including phenoxy) is 4. The maximum absolute atomic E-state index is 13.0. The summed E-state index contributed by atoms with van der Waals surface area (Å²) < 4.78 is 22.9. The van der Waals surface area contributed by atoms with Gasteiger partial charge in [-0.3, -0.25) is 10.1 Å². The molecule has 0 fully saturated rings. The van der Waals surface area contributed by atoms with Gasteiger partial charge in [0, 0.05) is 12.1 Å². The number of benzene rings is 3. The molecule has 3 aromatic carbocycles. The number of carbonyl (C=O) groups is 2. The van der Waals surface area contributed by atoms with Crippen molar-refractivity contribution in [3.63, 3.8) is 0 Å². The molecule has 2 atom stereocenters. The number of amides is 1. The zero-order valence-electron chi connectivity index (χ0n) is 20.5. The highest BCUT2D eigenvalue weighted by Crippen LogP contribution is 2.30. The van der Waals surface area contributed by atoms with Crippen LogP contribution in [0.1, 0.15) is 23.7 Å². The summed E-state index contributed by atoms with van der Waals surface area (Å²) in [4.78, 5) is 24.6. The first-order valence-electron chi connectivity index (χ1n) is 11.8. The van der Waals surface area contributed by atoms with Crippen molar-refractivity contribution in [3.05, 3.63) is 90.0 Å². The molecule has 3 rings (SSSR count). The summed E-state index contributed by atoms with van der Waals surface area (Å²) in [6.45, 7) is 1.97. The molecule has 3 aromatic rings. The number of nitrogens with one attached hydrogen (secondary N) is 1. The molecule has 0 aliphatic heterocycles. The molecule has 0 heterocycles. The van der Waals surface area contributed by atoms with Gasteiger partial charge in [0.2, 0.25) is 0 Å². The number of anilines is 1. The molecule has 0 spiro atoms. The Morgan fingerprint density at radius 1 is 0.946 bits per heavy atom. The number of aliphatic hydroxyl groups is 1. The number of carbonyl (C=O) groups excluding carboxylic acids is 2. The van der Waals surface area contributed by atoms with Crippen LogP contribution in [0.5, 0.6) is 11.5 Å². The highest BCUT2D eigenvalue weighted by atomic mass is 32.1. The zero-order valence-corrected chi connectivity index (χ0v) is 21.4. The SMILES string of the molecule is Cc1ccc(NC(=O)O[C@@H](c2cccc(OCCO)c2)[C@H](CCOC(=O)CS)Oc2ccccc2)cc1. The zero-order chi connectivity index (χ0) is 26.5. The van der Waals surface area contributed by atoms with E-state index in [9.17, 15) is 9.59 Å². The number of para-hydroxylation sites is 1. The van der Waals surface area contributed by atoms with Crippen LogP contribution in [0.25, 0.3) is 0 Å². The fraction of sp³-hybridized carbons (Fsp3) is 0.286.